The largest absolute Gasteiger partial charge is 0.480 e. The van der Waals surface area contributed by atoms with Crippen LogP contribution in [-0.2, 0) is 18.4 Å². The van der Waals surface area contributed by atoms with Crippen LogP contribution in [0.15, 0.2) is 36.5 Å². The van der Waals surface area contributed by atoms with Crippen LogP contribution in [0.2, 0.25) is 0 Å². The molecule has 0 aliphatic rings. The van der Waals surface area contributed by atoms with Crippen molar-refractivity contribution in [2.45, 2.75) is 6.54 Å². The lowest BCUT2D eigenvalue weighted by atomic mass is 10.00. The van der Waals surface area contributed by atoms with Crippen LogP contribution in [0.1, 0.15) is 0 Å². The van der Waals surface area contributed by atoms with Crippen molar-refractivity contribution in [3.05, 3.63) is 46.0 Å². The molecule has 0 atom stereocenters. The number of halogens is 2. The molecule has 2 aromatic heterocycles. The van der Waals surface area contributed by atoms with E-state index in [0.717, 1.165) is 16.3 Å². The first-order valence-electron chi connectivity index (χ1n) is 7.44. The third-order valence-corrected chi connectivity index (χ3v) is 4.90. The molecule has 0 bridgehead atoms. The van der Waals surface area contributed by atoms with E-state index >= 15 is 0 Å². The number of aryl methyl sites for hydroxylation is 1. The predicted molar refractivity (Wildman–Crippen MR) is 99.8 cm³/mol. The number of hydrogen-bond donors (Lipinski definition) is 1. The molecular weight excluding hydrogens is 438 g/mol. The van der Waals surface area contributed by atoms with Gasteiger partial charge in [-0.15, -0.1) is 0 Å². The first kappa shape index (κ1) is 16.0. The fraction of sp³-hybridized carbons (Fsp3) is 0.118. The Balaban J connectivity index is 2.01. The van der Waals surface area contributed by atoms with Crippen molar-refractivity contribution in [2.75, 3.05) is 0 Å². The Kier molecular flexibility index (Phi) is 3.71. The van der Waals surface area contributed by atoms with E-state index in [0.29, 0.717) is 20.3 Å². The summed E-state index contributed by atoms with van der Waals surface area (Å²) in [4.78, 5) is 11.1. The number of carbonyl (C=O) groups is 1. The third-order valence-electron chi connectivity index (χ3n) is 4.15. The molecule has 8 heteroatoms. The molecule has 0 amide bonds. The number of carboxylic acid groups (broad SMARTS) is 1. The summed E-state index contributed by atoms with van der Waals surface area (Å²) < 4.78 is 18.5. The molecule has 0 aliphatic carbocycles. The Labute approximate surface area is 155 Å². The number of aromatic nitrogens is 4. The predicted octanol–water partition coefficient (Wildman–Crippen LogP) is 3.42. The van der Waals surface area contributed by atoms with Crippen molar-refractivity contribution in [2.24, 2.45) is 7.05 Å². The van der Waals surface area contributed by atoms with Gasteiger partial charge in [0.2, 0.25) is 0 Å². The molecule has 25 heavy (non-hydrogen) atoms. The summed E-state index contributed by atoms with van der Waals surface area (Å²) in [6.45, 7) is -0.244. The van der Waals surface area contributed by atoms with Crippen LogP contribution < -0.4 is 0 Å². The van der Waals surface area contributed by atoms with Gasteiger partial charge < -0.3 is 5.11 Å². The number of rotatable bonds is 3. The van der Waals surface area contributed by atoms with E-state index < -0.39 is 5.97 Å². The number of carboxylic acids is 1. The van der Waals surface area contributed by atoms with E-state index in [1.807, 2.05) is 28.7 Å². The van der Waals surface area contributed by atoms with Gasteiger partial charge in [0.05, 0.1) is 17.2 Å². The number of aliphatic carboxylic acids is 1. The second-order valence-corrected chi connectivity index (χ2v) is 6.72. The van der Waals surface area contributed by atoms with E-state index in [4.69, 9.17) is 5.11 Å². The standard InChI is InChI=1S/C17H12FIN4O2/c1-22-14-6-11(12(18)5-9(14)7-20-22)10-3-2-4-13-16(10)17(19)21-23(13)8-15(24)25/h2-7H,8H2,1H3,(H,24,25). The Morgan fingerprint density at radius 1 is 1.28 bits per heavy atom. The molecule has 0 saturated carbocycles. The molecule has 126 valence electrons. The van der Waals surface area contributed by atoms with Crippen LogP contribution in [0, 0.1) is 9.52 Å². The molecule has 2 aromatic carbocycles. The number of nitrogens with zero attached hydrogens (tertiary/aromatic N) is 4. The number of fused-ring (bicyclic) bond motifs is 2. The highest BCUT2D eigenvalue weighted by atomic mass is 127. The minimum absolute atomic E-state index is 0.244. The molecule has 0 saturated heterocycles. The average Bonchev–Trinajstić information content (AvgIpc) is 3.07. The van der Waals surface area contributed by atoms with Crippen molar-refractivity contribution in [3.8, 4) is 11.1 Å². The van der Waals surface area contributed by atoms with Crippen molar-refractivity contribution in [1.29, 1.82) is 0 Å². The molecular formula is C17H12FIN4O2. The molecule has 0 unspecified atom stereocenters. The summed E-state index contributed by atoms with van der Waals surface area (Å²) in [6.07, 6.45) is 1.62. The maximum absolute atomic E-state index is 14.7. The Morgan fingerprint density at radius 2 is 2.08 bits per heavy atom. The fourth-order valence-corrected chi connectivity index (χ4v) is 3.86. The van der Waals surface area contributed by atoms with Gasteiger partial charge in [-0.2, -0.15) is 10.2 Å². The maximum Gasteiger partial charge on any atom is 0.325 e. The van der Waals surface area contributed by atoms with E-state index in [1.165, 1.54) is 10.7 Å². The highest BCUT2D eigenvalue weighted by Crippen LogP contribution is 2.35. The summed E-state index contributed by atoms with van der Waals surface area (Å²) in [5.74, 6) is -1.33. The first-order valence-corrected chi connectivity index (χ1v) is 8.52. The summed E-state index contributed by atoms with van der Waals surface area (Å²) >= 11 is 2.05. The second-order valence-electron chi connectivity index (χ2n) is 5.70. The normalized spacial score (nSPS) is 11.5. The lowest BCUT2D eigenvalue weighted by Gasteiger charge is -2.07. The topological polar surface area (TPSA) is 72.9 Å². The number of benzene rings is 2. The van der Waals surface area contributed by atoms with Gasteiger partial charge in [0.25, 0.3) is 0 Å². The van der Waals surface area contributed by atoms with Gasteiger partial charge in [-0.25, -0.2) is 4.39 Å². The zero-order chi connectivity index (χ0) is 17.7. The van der Waals surface area contributed by atoms with E-state index in [2.05, 4.69) is 10.2 Å². The summed E-state index contributed by atoms with van der Waals surface area (Å²) in [7, 11) is 1.80. The van der Waals surface area contributed by atoms with E-state index in [1.54, 1.807) is 36.1 Å². The Morgan fingerprint density at radius 3 is 2.84 bits per heavy atom. The number of hydrogen-bond acceptors (Lipinski definition) is 3. The minimum atomic E-state index is -0.978. The molecule has 1 N–H and O–H groups in total. The average molecular weight is 450 g/mol. The van der Waals surface area contributed by atoms with E-state index in [-0.39, 0.29) is 12.4 Å². The smallest absolute Gasteiger partial charge is 0.325 e. The Hall–Kier alpha value is -2.49. The van der Waals surface area contributed by atoms with Gasteiger partial charge in [-0.05, 0) is 46.4 Å². The minimum Gasteiger partial charge on any atom is -0.480 e. The highest BCUT2D eigenvalue weighted by Gasteiger charge is 2.18. The van der Waals surface area contributed by atoms with Crippen molar-refractivity contribution in [3.63, 3.8) is 0 Å². The van der Waals surface area contributed by atoms with E-state index in [9.17, 15) is 9.18 Å². The highest BCUT2D eigenvalue weighted by molar-refractivity contribution is 14.1. The van der Waals surface area contributed by atoms with Crippen molar-refractivity contribution >= 4 is 50.4 Å². The van der Waals surface area contributed by atoms with Gasteiger partial charge in [0.15, 0.2) is 0 Å². The van der Waals surface area contributed by atoms with Crippen LogP contribution in [0.5, 0.6) is 0 Å². The van der Waals surface area contributed by atoms with Crippen LogP contribution in [0.4, 0.5) is 4.39 Å². The SMILES string of the molecule is Cn1ncc2cc(F)c(-c3cccc4c3c(I)nn4CC(=O)O)cc21. The fourth-order valence-electron chi connectivity index (χ4n) is 3.03. The maximum atomic E-state index is 14.7. The van der Waals surface area contributed by atoms with Crippen LogP contribution in [0.3, 0.4) is 0 Å². The molecule has 0 fully saturated rings. The second kappa shape index (κ2) is 5.80. The quantitative estimate of drug-likeness (QED) is 0.486. The van der Waals surface area contributed by atoms with Crippen molar-refractivity contribution in [1.82, 2.24) is 19.6 Å². The molecule has 4 aromatic rings. The zero-order valence-electron chi connectivity index (χ0n) is 13.1. The van der Waals surface area contributed by atoms with Crippen LogP contribution >= 0.6 is 22.6 Å². The third kappa shape index (κ3) is 2.56. The van der Waals surface area contributed by atoms with Crippen molar-refractivity contribution < 1.29 is 14.3 Å². The van der Waals surface area contributed by atoms with Crippen LogP contribution in [-0.4, -0.2) is 30.6 Å². The van der Waals surface area contributed by atoms with Gasteiger partial charge in [-0.3, -0.25) is 14.2 Å². The zero-order valence-corrected chi connectivity index (χ0v) is 15.2. The lowest BCUT2D eigenvalue weighted by molar-refractivity contribution is -0.137. The summed E-state index contributed by atoms with van der Waals surface area (Å²) in [5.41, 5.74) is 2.60. The monoisotopic (exact) mass is 450 g/mol. The lowest BCUT2D eigenvalue weighted by Crippen LogP contribution is -2.09. The summed E-state index contributed by atoms with van der Waals surface area (Å²) in [6, 6.07) is 8.61. The summed E-state index contributed by atoms with van der Waals surface area (Å²) in [5, 5.41) is 19.0. The molecule has 4 rings (SSSR count). The molecule has 0 spiro atoms. The first-order chi connectivity index (χ1) is 12.0. The Bertz CT molecular complexity index is 1150. The molecule has 0 radical (unpaired) electrons. The van der Waals surface area contributed by atoms with Gasteiger partial charge >= 0.3 is 5.97 Å². The van der Waals surface area contributed by atoms with Gasteiger partial charge in [0, 0.05) is 23.4 Å². The molecule has 2 heterocycles. The molecule has 6 nitrogen and oxygen atoms in total. The van der Waals surface area contributed by atoms with Gasteiger partial charge in [0.1, 0.15) is 16.1 Å². The molecule has 0 aliphatic heterocycles. The van der Waals surface area contributed by atoms with Gasteiger partial charge in [-0.1, -0.05) is 12.1 Å². The van der Waals surface area contributed by atoms with Crippen LogP contribution in [0.25, 0.3) is 32.9 Å².